The number of hydrogen-bond acceptors (Lipinski definition) is 1. The van der Waals surface area contributed by atoms with Crippen molar-refractivity contribution in [3.63, 3.8) is 0 Å². The minimum atomic E-state index is -0.320. The van der Waals surface area contributed by atoms with Gasteiger partial charge in [0, 0.05) is 0 Å². The zero-order chi connectivity index (χ0) is 8.69. The second kappa shape index (κ2) is 6.34. The van der Waals surface area contributed by atoms with Gasteiger partial charge in [-0.2, -0.15) is 0 Å². The Kier molecular flexibility index (Phi) is 6.12. The van der Waals surface area contributed by atoms with E-state index in [1.54, 1.807) is 19.1 Å². The van der Waals surface area contributed by atoms with Crippen LogP contribution in [0, 0.1) is 0 Å². The molecule has 0 aliphatic carbocycles. The summed E-state index contributed by atoms with van der Waals surface area (Å²) in [6.07, 6.45) is 5.40. The average molecular weight is 263 g/mol. The predicted octanol–water partition coefficient (Wildman–Crippen LogP) is -1.08. The Balaban J connectivity index is 3.88. The molecule has 0 bridgehead atoms. The molecule has 0 amide bonds. The first-order valence-corrected chi connectivity index (χ1v) is 5.85. The van der Waals surface area contributed by atoms with Gasteiger partial charge in [-0.25, -0.2) is 0 Å². The molecule has 62 valence electrons. The summed E-state index contributed by atoms with van der Waals surface area (Å²) < 4.78 is 1.20. The van der Waals surface area contributed by atoms with Crippen LogP contribution in [0.4, 0.5) is 0 Å². The Morgan fingerprint density at radius 3 is 2.55 bits per heavy atom. The van der Waals surface area contributed by atoms with Gasteiger partial charge in [0.15, 0.2) is 0 Å². The number of rotatable bonds is 5. The molecule has 0 spiro atoms. The van der Waals surface area contributed by atoms with E-state index in [2.05, 4.69) is 13.2 Å². The fourth-order valence-corrected chi connectivity index (χ4v) is 2.03. The first kappa shape index (κ1) is 10.6. The zero-order valence-electron chi connectivity index (χ0n) is 6.64. The molecular weight excluding hydrogens is 251 g/mol. The Morgan fingerprint density at radius 1 is 1.55 bits per heavy atom. The van der Waals surface area contributed by atoms with E-state index in [1.807, 2.05) is 6.08 Å². The molecule has 0 aliphatic heterocycles. The van der Waals surface area contributed by atoms with E-state index >= 15 is 0 Å². The summed E-state index contributed by atoms with van der Waals surface area (Å²) in [6, 6.07) is 0. The second-order valence-corrected chi connectivity index (χ2v) is 4.96. The number of allylic oxidation sites excluding steroid dienone is 4. The third kappa shape index (κ3) is 6.04. The standard InChI is InChI=1S/C9H12IO/c1-4-6-9(5-2)7-10-8(3)11/h4-6H,1-2,7H2,3H3/q-1/b9-6+. The molecule has 0 aromatic rings. The number of hydrogen-bond donors (Lipinski definition) is 0. The van der Waals surface area contributed by atoms with Gasteiger partial charge < -0.3 is 0 Å². The quantitative estimate of drug-likeness (QED) is 0.267. The van der Waals surface area contributed by atoms with E-state index in [0.29, 0.717) is 3.79 Å². The van der Waals surface area contributed by atoms with Crippen LogP contribution in [0.5, 0.6) is 0 Å². The first-order chi connectivity index (χ1) is 5.20. The number of carbonyl (C=O) groups excluding carboxylic acids is 1. The molecule has 0 aromatic carbocycles. The van der Waals surface area contributed by atoms with E-state index in [1.165, 1.54) is 0 Å². The van der Waals surface area contributed by atoms with Crippen molar-refractivity contribution in [2.24, 2.45) is 0 Å². The molecule has 0 heterocycles. The summed E-state index contributed by atoms with van der Waals surface area (Å²) in [5, 5.41) is 0. The van der Waals surface area contributed by atoms with E-state index in [-0.39, 0.29) is 21.2 Å². The van der Waals surface area contributed by atoms with Crippen LogP contribution in [0.25, 0.3) is 0 Å². The van der Waals surface area contributed by atoms with Gasteiger partial charge >= 0.3 is 78.1 Å². The molecule has 2 heteroatoms. The number of carbonyl (C=O) groups is 1. The van der Waals surface area contributed by atoms with E-state index in [4.69, 9.17) is 0 Å². The van der Waals surface area contributed by atoms with E-state index < -0.39 is 0 Å². The Hall–Kier alpha value is -0.380. The van der Waals surface area contributed by atoms with Crippen LogP contribution in [0.2, 0.25) is 0 Å². The van der Waals surface area contributed by atoms with Crippen LogP contribution in [0.1, 0.15) is 6.92 Å². The number of alkyl halides is 1. The molecule has 0 saturated carbocycles. The van der Waals surface area contributed by atoms with Gasteiger partial charge in [0.05, 0.1) is 0 Å². The molecular formula is C9H12IO-. The SMILES string of the molecule is C=C/C=C(\C=C)C[I-]C(C)=O. The second-order valence-electron chi connectivity index (χ2n) is 1.92. The van der Waals surface area contributed by atoms with Crippen LogP contribution in [0.15, 0.2) is 37.0 Å². The monoisotopic (exact) mass is 263 g/mol. The van der Waals surface area contributed by atoms with Crippen LogP contribution >= 0.6 is 0 Å². The first-order valence-electron chi connectivity index (χ1n) is 3.24. The van der Waals surface area contributed by atoms with Crippen molar-refractivity contribution in [2.45, 2.75) is 6.92 Å². The van der Waals surface area contributed by atoms with Crippen molar-refractivity contribution in [3.05, 3.63) is 37.0 Å². The fourth-order valence-electron chi connectivity index (χ4n) is 0.490. The Morgan fingerprint density at radius 2 is 2.18 bits per heavy atom. The summed E-state index contributed by atoms with van der Waals surface area (Å²) in [5.74, 6) is 0. The molecule has 11 heavy (non-hydrogen) atoms. The molecule has 0 unspecified atom stereocenters. The third-order valence-corrected chi connectivity index (χ3v) is 3.34. The van der Waals surface area contributed by atoms with Gasteiger partial charge in [0.1, 0.15) is 0 Å². The third-order valence-electron chi connectivity index (χ3n) is 1.00. The summed E-state index contributed by atoms with van der Waals surface area (Å²) in [4.78, 5) is 10.6. The van der Waals surface area contributed by atoms with Gasteiger partial charge in [-0.3, -0.25) is 0 Å². The Bertz CT molecular complexity index is 192. The Labute approximate surface area is 78.1 Å². The van der Waals surface area contributed by atoms with Crippen LogP contribution in [-0.2, 0) is 4.79 Å². The molecule has 0 radical (unpaired) electrons. The van der Waals surface area contributed by atoms with Crippen molar-refractivity contribution in [1.29, 1.82) is 0 Å². The fraction of sp³-hybridized carbons (Fsp3) is 0.222. The van der Waals surface area contributed by atoms with Crippen molar-refractivity contribution in [3.8, 4) is 0 Å². The summed E-state index contributed by atoms with van der Waals surface area (Å²) in [6.45, 7) is 8.87. The van der Waals surface area contributed by atoms with E-state index in [9.17, 15) is 4.79 Å². The van der Waals surface area contributed by atoms with E-state index in [0.717, 1.165) is 10.0 Å². The average Bonchev–Trinajstić information content (AvgIpc) is 1.97. The van der Waals surface area contributed by atoms with Gasteiger partial charge in [-0.1, -0.05) is 0 Å². The topological polar surface area (TPSA) is 17.1 Å². The summed E-state index contributed by atoms with van der Waals surface area (Å²) in [7, 11) is 0. The summed E-state index contributed by atoms with van der Waals surface area (Å²) in [5.41, 5.74) is 1.11. The van der Waals surface area contributed by atoms with Crippen molar-refractivity contribution < 1.29 is 26.0 Å². The molecule has 0 saturated heterocycles. The zero-order valence-corrected chi connectivity index (χ0v) is 8.80. The predicted molar refractivity (Wildman–Crippen MR) is 44.0 cm³/mol. The van der Waals surface area contributed by atoms with Gasteiger partial charge in [-0.15, -0.1) is 0 Å². The molecule has 0 N–H and O–H groups in total. The van der Waals surface area contributed by atoms with Crippen molar-refractivity contribution >= 4 is 3.79 Å². The molecule has 0 rings (SSSR count). The molecule has 0 fully saturated rings. The maximum atomic E-state index is 10.6. The summed E-state index contributed by atoms with van der Waals surface area (Å²) >= 11 is -0.320. The van der Waals surface area contributed by atoms with Crippen molar-refractivity contribution in [1.82, 2.24) is 0 Å². The van der Waals surface area contributed by atoms with Crippen LogP contribution in [0.3, 0.4) is 0 Å². The molecule has 0 aromatic heterocycles. The van der Waals surface area contributed by atoms with Crippen LogP contribution in [-0.4, -0.2) is 8.22 Å². The van der Waals surface area contributed by atoms with Gasteiger partial charge in [0.25, 0.3) is 0 Å². The van der Waals surface area contributed by atoms with Crippen molar-refractivity contribution in [2.75, 3.05) is 4.43 Å². The van der Waals surface area contributed by atoms with Gasteiger partial charge in [-0.05, 0) is 0 Å². The maximum absolute atomic E-state index is 10.6. The normalized spacial score (nSPS) is 11.2. The van der Waals surface area contributed by atoms with Crippen LogP contribution < -0.4 is 21.2 Å². The molecule has 0 aliphatic rings. The number of halogens is 1. The minimum absolute atomic E-state index is 0.320. The molecule has 0 atom stereocenters. The van der Waals surface area contributed by atoms with Gasteiger partial charge in [0.2, 0.25) is 0 Å². The molecule has 1 nitrogen and oxygen atoms in total.